The molecule has 5 heteroatoms. The van der Waals surface area contributed by atoms with Crippen molar-refractivity contribution in [3.05, 3.63) is 72.2 Å². The number of rotatable bonds is 4. The molecule has 0 saturated heterocycles. The minimum absolute atomic E-state index is 0. The number of carbonyl (C=O) groups excluding carboxylic acids is 1. The lowest BCUT2D eigenvalue weighted by molar-refractivity contribution is -0.657. The van der Waals surface area contributed by atoms with Gasteiger partial charge in [0.05, 0.1) is 12.7 Å². The Morgan fingerprint density at radius 2 is 1.87 bits per heavy atom. The summed E-state index contributed by atoms with van der Waals surface area (Å²) in [6.45, 7) is 0.0879. The van der Waals surface area contributed by atoms with Gasteiger partial charge in [0.2, 0.25) is 17.8 Å². The maximum Gasteiger partial charge on any atom is 0.230 e. The van der Waals surface area contributed by atoms with Gasteiger partial charge in [-0.1, -0.05) is 12.1 Å². The van der Waals surface area contributed by atoms with Crippen molar-refractivity contribution in [3.8, 4) is 5.75 Å². The lowest BCUT2D eigenvalue weighted by Crippen LogP contribution is -3.00. The molecule has 3 nitrogen and oxygen atoms in total. The number of ketones is 1. The van der Waals surface area contributed by atoms with Crippen molar-refractivity contribution in [2.45, 2.75) is 6.54 Å². The Morgan fingerprint density at radius 3 is 2.61 bits per heavy atom. The fraction of sp³-hybridized carbons (Fsp3) is 0.111. The van der Waals surface area contributed by atoms with Gasteiger partial charge in [-0.15, -0.1) is 0 Å². The van der Waals surface area contributed by atoms with Crippen LogP contribution in [-0.4, -0.2) is 12.9 Å². The van der Waals surface area contributed by atoms with E-state index >= 15 is 0 Å². The molecule has 0 spiro atoms. The number of carbonyl (C=O) groups is 1. The van der Waals surface area contributed by atoms with Gasteiger partial charge in [0.1, 0.15) is 11.6 Å². The van der Waals surface area contributed by atoms with E-state index in [9.17, 15) is 9.18 Å². The van der Waals surface area contributed by atoms with E-state index < -0.39 is 5.82 Å². The molecule has 0 saturated carbocycles. The lowest BCUT2D eigenvalue weighted by Gasteiger charge is -2.04. The summed E-state index contributed by atoms with van der Waals surface area (Å²) in [7, 11) is 1.46. The van der Waals surface area contributed by atoms with E-state index in [0.29, 0.717) is 5.75 Å². The molecular formula is C18H15BrFNO2. The topological polar surface area (TPSA) is 30.2 Å². The van der Waals surface area contributed by atoms with E-state index in [4.69, 9.17) is 4.74 Å². The summed E-state index contributed by atoms with van der Waals surface area (Å²) in [6.07, 6.45) is 1.82. The molecule has 0 aliphatic rings. The van der Waals surface area contributed by atoms with Crippen LogP contribution in [0, 0.1) is 5.82 Å². The van der Waals surface area contributed by atoms with Crippen LogP contribution < -0.4 is 26.3 Å². The molecule has 0 aliphatic carbocycles. The highest BCUT2D eigenvalue weighted by Gasteiger charge is 2.18. The number of hydrogen-bond acceptors (Lipinski definition) is 2. The van der Waals surface area contributed by atoms with Crippen LogP contribution in [0.15, 0.2) is 60.8 Å². The van der Waals surface area contributed by atoms with Crippen LogP contribution in [0.3, 0.4) is 0 Å². The number of hydrogen-bond donors (Lipinski definition) is 0. The zero-order chi connectivity index (χ0) is 15.5. The van der Waals surface area contributed by atoms with Gasteiger partial charge in [-0.25, -0.2) is 4.39 Å². The van der Waals surface area contributed by atoms with Crippen LogP contribution in [0.5, 0.6) is 5.75 Å². The number of ether oxygens (including phenoxy) is 1. The van der Waals surface area contributed by atoms with Gasteiger partial charge in [-0.3, -0.25) is 4.79 Å². The molecule has 0 radical (unpaired) electrons. The van der Waals surface area contributed by atoms with Gasteiger partial charge in [0, 0.05) is 23.6 Å². The Bertz CT molecular complexity index is 846. The van der Waals surface area contributed by atoms with Gasteiger partial charge in [0.15, 0.2) is 6.20 Å². The number of fused-ring (bicyclic) bond motifs is 1. The molecule has 0 amide bonds. The SMILES string of the molecule is COc1ccc(C(=O)C[n+]2cccc3ccccc32)c(F)c1.[Br-]. The summed E-state index contributed by atoms with van der Waals surface area (Å²) < 4.78 is 20.8. The number of Topliss-reactive ketones (excluding diaryl/α,β-unsaturated/α-hetero) is 1. The fourth-order valence-corrected chi connectivity index (χ4v) is 2.45. The first-order chi connectivity index (χ1) is 10.7. The Labute approximate surface area is 144 Å². The number of para-hydroxylation sites is 1. The zero-order valence-electron chi connectivity index (χ0n) is 12.5. The fourth-order valence-electron chi connectivity index (χ4n) is 2.45. The Morgan fingerprint density at radius 1 is 1.13 bits per heavy atom. The van der Waals surface area contributed by atoms with Gasteiger partial charge >= 0.3 is 0 Å². The predicted octanol–water partition coefficient (Wildman–Crippen LogP) is 0.162. The normalized spacial score (nSPS) is 10.2. The molecule has 0 unspecified atom stereocenters. The summed E-state index contributed by atoms with van der Waals surface area (Å²) >= 11 is 0. The number of nitrogens with zero attached hydrogens (tertiary/aromatic N) is 1. The van der Waals surface area contributed by atoms with Crippen molar-refractivity contribution in [1.29, 1.82) is 0 Å². The third-order valence-corrected chi connectivity index (χ3v) is 3.58. The van der Waals surface area contributed by atoms with Gasteiger partial charge in [-0.05, 0) is 24.3 Å². The Balaban J connectivity index is 0.00000192. The number of halogens is 2. The second kappa shape index (κ2) is 7.33. The molecule has 0 N–H and O–H groups in total. The van der Waals surface area contributed by atoms with Crippen LogP contribution in [0.1, 0.15) is 10.4 Å². The average molecular weight is 376 g/mol. The number of pyridine rings is 1. The highest BCUT2D eigenvalue weighted by Crippen LogP contribution is 2.17. The molecule has 0 aliphatic heterocycles. The number of aromatic nitrogens is 1. The van der Waals surface area contributed by atoms with Crippen LogP contribution in [0.2, 0.25) is 0 Å². The first-order valence-corrected chi connectivity index (χ1v) is 6.93. The first kappa shape index (κ1) is 17.1. The molecule has 3 rings (SSSR count). The van der Waals surface area contributed by atoms with Crippen molar-refractivity contribution in [3.63, 3.8) is 0 Å². The molecule has 0 fully saturated rings. The molecule has 0 atom stereocenters. The van der Waals surface area contributed by atoms with E-state index in [2.05, 4.69) is 0 Å². The van der Waals surface area contributed by atoms with Gasteiger partial charge in [-0.2, -0.15) is 4.57 Å². The van der Waals surface area contributed by atoms with E-state index in [1.807, 2.05) is 47.2 Å². The highest BCUT2D eigenvalue weighted by molar-refractivity contribution is 5.95. The standard InChI is InChI=1S/C18H15FNO2.BrH/c1-22-14-8-9-15(16(19)11-14)18(21)12-20-10-4-6-13-5-2-3-7-17(13)20;/h2-11H,12H2,1H3;1H/q+1;/p-1. The quantitative estimate of drug-likeness (QED) is 0.480. The zero-order valence-corrected chi connectivity index (χ0v) is 14.1. The predicted molar refractivity (Wildman–Crippen MR) is 81.4 cm³/mol. The van der Waals surface area contributed by atoms with Crippen LogP contribution in [-0.2, 0) is 6.54 Å². The molecule has 2 aromatic carbocycles. The summed E-state index contributed by atoms with van der Waals surface area (Å²) in [5.74, 6) is -0.446. The smallest absolute Gasteiger partial charge is 0.230 e. The number of methoxy groups -OCH3 is 1. The summed E-state index contributed by atoms with van der Waals surface area (Å²) in [5, 5.41) is 1.04. The third-order valence-electron chi connectivity index (χ3n) is 3.58. The van der Waals surface area contributed by atoms with Crippen LogP contribution in [0.4, 0.5) is 4.39 Å². The van der Waals surface area contributed by atoms with Crippen molar-refractivity contribution in [2.75, 3.05) is 7.11 Å². The minimum Gasteiger partial charge on any atom is -1.00 e. The lowest BCUT2D eigenvalue weighted by atomic mass is 10.1. The summed E-state index contributed by atoms with van der Waals surface area (Å²) in [6, 6.07) is 15.9. The highest BCUT2D eigenvalue weighted by atomic mass is 79.9. The van der Waals surface area contributed by atoms with Crippen molar-refractivity contribution in [2.24, 2.45) is 0 Å². The van der Waals surface area contributed by atoms with E-state index in [1.54, 1.807) is 6.07 Å². The van der Waals surface area contributed by atoms with Gasteiger partial charge < -0.3 is 21.7 Å². The maximum absolute atomic E-state index is 14.0. The van der Waals surface area contributed by atoms with Crippen LogP contribution >= 0.6 is 0 Å². The van der Waals surface area contributed by atoms with E-state index in [1.165, 1.54) is 19.2 Å². The summed E-state index contributed by atoms with van der Waals surface area (Å²) in [5.41, 5.74) is 1.01. The summed E-state index contributed by atoms with van der Waals surface area (Å²) in [4.78, 5) is 12.4. The Hall–Kier alpha value is -2.27. The molecule has 0 bridgehead atoms. The third kappa shape index (κ3) is 3.56. The maximum atomic E-state index is 14.0. The molecule has 3 aromatic rings. The van der Waals surface area contributed by atoms with Gasteiger partial charge in [0.25, 0.3) is 0 Å². The largest absolute Gasteiger partial charge is 1.00 e. The van der Waals surface area contributed by atoms with Crippen LogP contribution in [0.25, 0.3) is 10.9 Å². The van der Waals surface area contributed by atoms with Crippen molar-refractivity contribution in [1.82, 2.24) is 0 Å². The van der Waals surface area contributed by atoms with Crippen molar-refractivity contribution >= 4 is 16.7 Å². The molecule has 1 aromatic heterocycles. The molecular weight excluding hydrogens is 361 g/mol. The Kier molecular flexibility index (Phi) is 5.45. The average Bonchev–Trinajstić information content (AvgIpc) is 2.55. The number of benzene rings is 2. The molecule has 118 valence electrons. The van der Waals surface area contributed by atoms with Crippen molar-refractivity contribution < 1.29 is 35.5 Å². The van der Waals surface area contributed by atoms with E-state index in [0.717, 1.165) is 10.9 Å². The molecule has 23 heavy (non-hydrogen) atoms. The monoisotopic (exact) mass is 375 g/mol. The second-order valence-corrected chi connectivity index (χ2v) is 4.96. The second-order valence-electron chi connectivity index (χ2n) is 4.96. The first-order valence-electron chi connectivity index (χ1n) is 6.93. The minimum atomic E-state index is -0.565. The molecule has 1 heterocycles. The van der Waals surface area contributed by atoms with E-state index in [-0.39, 0.29) is 34.9 Å².